The van der Waals surface area contributed by atoms with E-state index >= 15 is 0 Å². The number of nitrogens with one attached hydrogen (secondary N) is 1. The fourth-order valence-corrected chi connectivity index (χ4v) is 3.94. The molecule has 0 fully saturated rings. The van der Waals surface area contributed by atoms with Crippen molar-refractivity contribution in [3.63, 3.8) is 0 Å². The maximum absolute atomic E-state index is 12.9. The van der Waals surface area contributed by atoms with Crippen LogP contribution in [0.25, 0.3) is 0 Å². The molecule has 0 unspecified atom stereocenters. The molecule has 0 aliphatic rings. The summed E-state index contributed by atoms with van der Waals surface area (Å²) in [6, 6.07) is 19.3. The van der Waals surface area contributed by atoms with Crippen LogP contribution in [0.2, 0.25) is 0 Å². The first kappa shape index (κ1) is 25.0. The van der Waals surface area contributed by atoms with Gasteiger partial charge in [0.2, 0.25) is 0 Å². The molecule has 0 heterocycles. The fourth-order valence-electron chi connectivity index (χ4n) is 2.50. The topological polar surface area (TPSA) is 89.3 Å². The van der Waals surface area contributed by atoms with Gasteiger partial charge in [0.15, 0.2) is 0 Å². The number of rotatable bonds is 9. The minimum atomic E-state index is -1.62. The van der Waals surface area contributed by atoms with Gasteiger partial charge in [0.1, 0.15) is 5.82 Å². The number of hydrogen-bond donors (Lipinski definition) is 1. The molecule has 0 aliphatic carbocycles. The minimum absolute atomic E-state index is 0.126. The van der Waals surface area contributed by atoms with Crippen LogP contribution in [0.15, 0.2) is 83.0 Å². The second-order valence-corrected chi connectivity index (χ2v) is 17.9. The molecule has 33 heavy (non-hydrogen) atoms. The van der Waals surface area contributed by atoms with Crippen LogP contribution in [0.1, 0.15) is 10.4 Å². The van der Waals surface area contributed by atoms with Gasteiger partial charge in [-0.2, -0.15) is 10.2 Å². The Morgan fingerprint density at radius 1 is 0.909 bits per heavy atom. The van der Waals surface area contributed by atoms with Crippen molar-refractivity contribution in [2.75, 3.05) is 23.5 Å². The molecule has 0 aromatic heterocycles. The predicted molar refractivity (Wildman–Crippen MR) is 142 cm³/mol. The van der Waals surface area contributed by atoms with E-state index in [2.05, 4.69) is 34.2 Å². The van der Waals surface area contributed by atoms with E-state index in [1.54, 1.807) is 48.5 Å². The zero-order valence-electron chi connectivity index (χ0n) is 17.5. The Balaban J connectivity index is 1.48. The molecule has 3 aromatic rings. The molecule has 0 saturated heterocycles. The fraction of sp³-hybridized carbons (Fsp3) is 0.130. The van der Waals surface area contributed by atoms with Crippen molar-refractivity contribution in [1.82, 2.24) is 0 Å². The van der Waals surface area contributed by atoms with Gasteiger partial charge in [0, 0.05) is 0 Å². The van der Waals surface area contributed by atoms with Crippen LogP contribution in [0.5, 0.6) is 5.75 Å². The van der Waals surface area contributed by atoms with Gasteiger partial charge < -0.3 is 0 Å². The molecular formula is C23H20FI2N3O4. The number of amides is 1. The van der Waals surface area contributed by atoms with Crippen LogP contribution < -0.4 is 10.1 Å². The third-order valence-corrected chi connectivity index (χ3v) is 7.89. The number of nitrogens with zero attached hydrogens (tertiary/aromatic N) is 2. The monoisotopic (exact) mass is 675 g/mol. The van der Waals surface area contributed by atoms with Crippen molar-refractivity contribution in [1.29, 1.82) is 0 Å². The van der Waals surface area contributed by atoms with Gasteiger partial charge in [0.05, 0.1) is 11.4 Å². The van der Waals surface area contributed by atoms with E-state index in [-0.39, 0.29) is 28.9 Å². The quantitative estimate of drug-likeness (QED) is 0.0837. The van der Waals surface area contributed by atoms with Crippen molar-refractivity contribution in [3.05, 3.63) is 84.2 Å². The first-order valence-corrected chi connectivity index (χ1v) is 19.2. The number of carbonyl (C=O) groups is 2. The van der Waals surface area contributed by atoms with E-state index in [9.17, 15) is 14.0 Å². The molecule has 7 nitrogen and oxygen atoms in total. The first-order valence-electron chi connectivity index (χ1n) is 9.65. The van der Waals surface area contributed by atoms with Crippen LogP contribution in [-0.4, -0.2) is 28.0 Å². The van der Waals surface area contributed by atoms with Gasteiger partial charge in [-0.15, -0.1) is 0 Å². The molecule has 0 atom stereocenters. The molecule has 10 heteroatoms. The van der Waals surface area contributed by atoms with Crippen molar-refractivity contribution in [2.45, 2.75) is 0 Å². The summed E-state index contributed by atoms with van der Waals surface area (Å²) in [5, 5.41) is 10.9. The Bertz CT molecular complexity index is 1110. The zero-order chi connectivity index (χ0) is 23.6. The number of anilines is 1. The predicted octanol–water partition coefficient (Wildman–Crippen LogP) is 7.50. The summed E-state index contributed by atoms with van der Waals surface area (Å²) in [5.41, 5.74) is 2.22. The number of azo groups is 1. The normalized spacial score (nSPS) is 11.2. The van der Waals surface area contributed by atoms with Gasteiger partial charge in [-0.25, -0.2) is 4.39 Å². The van der Waals surface area contributed by atoms with E-state index in [0.717, 1.165) is 0 Å². The molecule has 1 N–H and O–H groups in total. The molecule has 3 aromatic carbocycles. The SMILES string of the molecule is CI(I)C(=O)OCCOc1ccc(C(=O)Nc2ccc(N=Nc3ccc(F)cc3)cc2)cc1. The maximum atomic E-state index is 12.9. The third-order valence-electron chi connectivity index (χ3n) is 4.13. The summed E-state index contributed by atoms with van der Waals surface area (Å²) in [7, 11) is 0. The van der Waals surface area contributed by atoms with E-state index in [4.69, 9.17) is 9.47 Å². The average molecular weight is 675 g/mol. The van der Waals surface area contributed by atoms with Gasteiger partial charge >= 0.3 is 128 Å². The standard InChI is InChI=1S/C23H20FI2N3O4/c1-26(25)23(31)33-15-14-32-21-12-2-16(3-13-21)22(30)27-18-8-10-20(11-9-18)29-28-19-6-4-17(24)5-7-19/h2-13H,14-15H2,1H3,(H,27,30). The summed E-state index contributed by atoms with van der Waals surface area (Å²) in [5.74, 6) is -0.0145. The van der Waals surface area contributed by atoms with Crippen LogP contribution in [0.3, 0.4) is 0 Å². The number of alkyl halides is 1. The summed E-state index contributed by atoms with van der Waals surface area (Å²) >= 11 is 0.517. The van der Waals surface area contributed by atoms with Gasteiger partial charge in [-0.1, -0.05) is 0 Å². The van der Waals surface area contributed by atoms with Crippen LogP contribution in [-0.2, 0) is 4.74 Å². The van der Waals surface area contributed by atoms with E-state index in [1.165, 1.54) is 24.3 Å². The molecule has 172 valence electrons. The van der Waals surface area contributed by atoms with Gasteiger partial charge in [-0.05, 0) is 48.5 Å². The number of hydrogen-bond acceptors (Lipinski definition) is 6. The number of halogens is 3. The van der Waals surface area contributed by atoms with Gasteiger partial charge in [0.25, 0.3) is 0 Å². The number of benzene rings is 3. The molecule has 3 rings (SSSR count). The molecule has 0 radical (unpaired) electrons. The second kappa shape index (κ2) is 12.6. The molecular weight excluding hydrogens is 655 g/mol. The molecule has 1 amide bonds. The molecule has 0 spiro atoms. The average Bonchev–Trinajstić information content (AvgIpc) is 2.82. The number of ether oxygens (including phenoxy) is 2. The van der Waals surface area contributed by atoms with Crippen LogP contribution >= 0.6 is 34.5 Å². The summed E-state index contributed by atoms with van der Waals surface area (Å²) in [6.45, 7) is 0.452. The van der Waals surface area contributed by atoms with Gasteiger partial charge in [-0.3, -0.25) is 0 Å². The van der Waals surface area contributed by atoms with E-state index < -0.39 is 15.8 Å². The van der Waals surface area contributed by atoms with Crippen molar-refractivity contribution < 1.29 is 23.5 Å². The Hall–Kier alpha value is -2.61. The first-order chi connectivity index (χ1) is 15.9. The molecule has 0 aliphatic heterocycles. The van der Waals surface area contributed by atoms with Crippen LogP contribution in [0.4, 0.5) is 26.2 Å². The van der Waals surface area contributed by atoms with Crippen molar-refractivity contribution >= 4 is 61.4 Å². The Morgan fingerprint density at radius 2 is 1.48 bits per heavy atom. The summed E-state index contributed by atoms with van der Waals surface area (Å²) < 4.78 is 23.4. The Labute approximate surface area is 207 Å². The van der Waals surface area contributed by atoms with Crippen molar-refractivity contribution in [3.8, 4) is 5.75 Å². The van der Waals surface area contributed by atoms with E-state index in [1.807, 2.05) is 4.93 Å². The Morgan fingerprint density at radius 3 is 2.06 bits per heavy atom. The molecule has 0 bridgehead atoms. The second-order valence-electron chi connectivity index (χ2n) is 6.54. The third kappa shape index (κ3) is 8.35. The summed E-state index contributed by atoms with van der Waals surface area (Å²) in [4.78, 5) is 25.8. The Kier molecular flexibility index (Phi) is 9.54. The number of carbonyl (C=O) groups excluding carboxylic acids is 2. The van der Waals surface area contributed by atoms with E-state index in [0.29, 0.717) is 28.4 Å². The summed E-state index contributed by atoms with van der Waals surface area (Å²) in [6.07, 6.45) is 0. The zero-order valence-corrected chi connectivity index (χ0v) is 21.8. The van der Waals surface area contributed by atoms with Crippen molar-refractivity contribution in [2.24, 2.45) is 10.2 Å². The molecule has 0 saturated carbocycles. The van der Waals surface area contributed by atoms with Crippen LogP contribution in [0, 0.1) is 5.82 Å².